The molecule has 2 aromatic carbocycles. The number of imidazole rings is 1. The SMILES string of the molecule is CC(C)(O)C1CCCN1C(=O)c1ccc(-n2cnc3ccccc32)cc1. The summed E-state index contributed by atoms with van der Waals surface area (Å²) in [6.45, 7) is 4.24. The summed E-state index contributed by atoms with van der Waals surface area (Å²) >= 11 is 0. The quantitative estimate of drug-likeness (QED) is 0.788. The summed E-state index contributed by atoms with van der Waals surface area (Å²) in [5, 5.41) is 10.3. The van der Waals surface area contributed by atoms with Gasteiger partial charge in [-0.2, -0.15) is 0 Å². The fraction of sp³-hybridized carbons (Fsp3) is 0.333. The van der Waals surface area contributed by atoms with Crippen molar-refractivity contribution in [3.05, 3.63) is 60.4 Å². The highest BCUT2D eigenvalue weighted by molar-refractivity contribution is 5.95. The first kappa shape index (κ1) is 16.8. The van der Waals surface area contributed by atoms with Gasteiger partial charge in [0.1, 0.15) is 6.33 Å². The number of rotatable bonds is 3. The molecule has 0 aliphatic carbocycles. The van der Waals surface area contributed by atoms with E-state index in [0.29, 0.717) is 12.1 Å². The zero-order chi connectivity index (χ0) is 18.3. The van der Waals surface area contributed by atoms with Crippen LogP contribution >= 0.6 is 0 Å². The Morgan fingerprint density at radius 1 is 1.15 bits per heavy atom. The highest BCUT2D eigenvalue weighted by Gasteiger charge is 2.38. The summed E-state index contributed by atoms with van der Waals surface area (Å²) in [6.07, 6.45) is 3.57. The Morgan fingerprint density at radius 3 is 2.62 bits per heavy atom. The Balaban J connectivity index is 1.61. The fourth-order valence-electron chi connectivity index (χ4n) is 3.84. The molecule has 1 aromatic heterocycles. The molecule has 5 nitrogen and oxygen atoms in total. The Labute approximate surface area is 152 Å². The number of likely N-dealkylation sites (tertiary alicyclic amines) is 1. The van der Waals surface area contributed by atoms with E-state index < -0.39 is 5.60 Å². The van der Waals surface area contributed by atoms with Gasteiger partial charge in [-0.05, 0) is 63.1 Å². The Hall–Kier alpha value is -2.66. The molecule has 1 saturated heterocycles. The van der Waals surface area contributed by atoms with Crippen LogP contribution in [0.2, 0.25) is 0 Å². The second kappa shape index (κ2) is 6.25. The average molecular weight is 349 g/mol. The largest absolute Gasteiger partial charge is 0.388 e. The monoisotopic (exact) mass is 349 g/mol. The van der Waals surface area contributed by atoms with E-state index in [0.717, 1.165) is 29.6 Å². The van der Waals surface area contributed by atoms with Crippen LogP contribution in [0.5, 0.6) is 0 Å². The number of carbonyl (C=O) groups is 1. The van der Waals surface area contributed by atoms with Crippen LogP contribution < -0.4 is 0 Å². The van der Waals surface area contributed by atoms with Gasteiger partial charge >= 0.3 is 0 Å². The first-order chi connectivity index (χ1) is 12.4. The first-order valence-corrected chi connectivity index (χ1v) is 9.01. The van der Waals surface area contributed by atoms with E-state index in [2.05, 4.69) is 4.98 Å². The minimum atomic E-state index is -0.887. The zero-order valence-corrected chi connectivity index (χ0v) is 15.1. The van der Waals surface area contributed by atoms with Crippen molar-refractivity contribution in [1.82, 2.24) is 14.5 Å². The van der Waals surface area contributed by atoms with Crippen molar-refractivity contribution in [2.75, 3.05) is 6.54 Å². The van der Waals surface area contributed by atoms with Gasteiger partial charge < -0.3 is 10.0 Å². The lowest BCUT2D eigenvalue weighted by atomic mass is 9.96. The van der Waals surface area contributed by atoms with Crippen molar-refractivity contribution in [1.29, 1.82) is 0 Å². The molecule has 1 atom stereocenters. The second-order valence-electron chi connectivity index (χ2n) is 7.46. The molecule has 1 aliphatic heterocycles. The zero-order valence-electron chi connectivity index (χ0n) is 15.1. The molecule has 1 N–H and O–H groups in total. The number of nitrogens with zero attached hydrogens (tertiary/aromatic N) is 3. The molecule has 1 aliphatic rings. The van der Waals surface area contributed by atoms with E-state index in [1.807, 2.05) is 58.0 Å². The maximum Gasteiger partial charge on any atom is 0.254 e. The van der Waals surface area contributed by atoms with E-state index in [9.17, 15) is 9.90 Å². The van der Waals surface area contributed by atoms with Crippen molar-refractivity contribution >= 4 is 16.9 Å². The second-order valence-corrected chi connectivity index (χ2v) is 7.46. The maximum atomic E-state index is 12.9. The lowest BCUT2D eigenvalue weighted by Crippen LogP contribution is -2.48. The number of amides is 1. The smallest absolute Gasteiger partial charge is 0.254 e. The summed E-state index contributed by atoms with van der Waals surface area (Å²) < 4.78 is 2.01. The molecule has 4 rings (SSSR count). The van der Waals surface area contributed by atoms with Crippen LogP contribution in [0.4, 0.5) is 0 Å². The summed E-state index contributed by atoms with van der Waals surface area (Å²) in [6, 6.07) is 15.4. The fourth-order valence-corrected chi connectivity index (χ4v) is 3.84. The van der Waals surface area contributed by atoms with E-state index in [-0.39, 0.29) is 11.9 Å². The molecule has 0 spiro atoms. The molecule has 26 heavy (non-hydrogen) atoms. The predicted octanol–water partition coefficient (Wildman–Crippen LogP) is 3.40. The van der Waals surface area contributed by atoms with E-state index >= 15 is 0 Å². The molecule has 0 bridgehead atoms. The molecule has 5 heteroatoms. The molecule has 1 amide bonds. The van der Waals surface area contributed by atoms with E-state index in [1.54, 1.807) is 20.2 Å². The van der Waals surface area contributed by atoms with Gasteiger partial charge in [-0.1, -0.05) is 12.1 Å². The molecule has 3 aromatic rings. The third-order valence-corrected chi connectivity index (χ3v) is 5.18. The van der Waals surface area contributed by atoms with E-state index in [4.69, 9.17) is 0 Å². The van der Waals surface area contributed by atoms with Crippen molar-refractivity contribution in [3.8, 4) is 5.69 Å². The molecule has 1 fully saturated rings. The highest BCUT2D eigenvalue weighted by atomic mass is 16.3. The summed E-state index contributed by atoms with van der Waals surface area (Å²) in [7, 11) is 0. The molecule has 0 saturated carbocycles. The van der Waals surface area contributed by atoms with Crippen LogP contribution in [0.3, 0.4) is 0 Å². The van der Waals surface area contributed by atoms with Gasteiger partial charge in [0.05, 0.1) is 22.7 Å². The standard InChI is InChI=1S/C21H23N3O2/c1-21(2,26)19-8-5-13-23(19)20(25)15-9-11-16(12-10-15)24-14-22-17-6-3-4-7-18(17)24/h3-4,6-7,9-12,14,19,26H,5,8,13H2,1-2H3. The maximum absolute atomic E-state index is 12.9. The number of para-hydroxylation sites is 2. The van der Waals surface area contributed by atoms with Crippen LogP contribution in [0.25, 0.3) is 16.7 Å². The van der Waals surface area contributed by atoms with Crippen molar-refractivity contribution in [3.63, 3.8) is 0 Å². The number of aromatic nitrogens is 2. The molecular formula is C21H23N3O2. The predicted molar refractivity (Wildman–Crippen MR) is 101 cm³/mol. The number of aliphatic hydroxyl groups is 1. The molecule has 0 radical (unpaired) electrons. The van der Waals surface area contributed by atoms with Crippen molar-refractivity contribution in [2.45, 2.75) is 38.3 Å². The Kier molecular flexibility index (Phi) is 4.04. The minimum absolute atomic E-state index is 0.0170. The summed E-state index contributed by atoms with van der Waals surface area (Å²) in [5.41, 5.74) is 2.71. The Bertz CT molecular complexity index is 938. The minimum Gasteiger partial charge on any atom is -0.388 e. The Morgan fingerprint density at radius 2 is 1.88 bits per heavy atom. The molecule has 2 heterocycles. The lowest BCUT2D eigenvalue weighted by molar-refractivity contribution is 0.000336. The van der Waals surface area contributed by atoms with Crippen molar-refractivity contribution < 1.29 is 9.90 Å². The molecule has 1 unspecified atom stereocenters. The average Bonchev–Trinajstić information content (AvgIpc) is 3.28. The lowest BCUT2D eigenvalue weighted by Gasteiger charge is -2.33. The van der Waals surface area contributed by atoms with Crippen LogP contribution in [-0.2, 0) is 0 Å². The normalized spacial score (nSPS) is 17.8. The number of benzene rings is 2. The van der Waals surface area contributed by atoms with Gasteiger partial charge in [0.2, 0.25) is 0 Å². The highest BCUT2D eigenvalue weighted by Crippen LogP contribution is 2.28. The van der Waals surface area contributed by atoms with Gasteiger partial charge in [0.15, 0.2) is 0 Å². The van der Waals surface area contributed by atoms with Gasteiger partial charge in [-0.25, -0.2) is 4.98 Å². The topological polar surface area (TPSA) is 58.4 Å². The van der Waals surface area contributed by atoms with E-state index in [1.165, 1.54) is 0 Å². The van der Waals surface area contributed by atoms with Gasteiger partial charge in [-0.3, -0.25) is 9.36 Å². The third-order valence-electron chi connectivity index (χ3n) is 5.18. The van der Waals surface area contributed by atoms with Crippen LogP contribution in [-0.4, -0.2) is 43.7 Å². The summed E-state index contributed by atoms with van der Waals surface area (Å²) in [4.78, 5) is 19.1. The van der Waals surface area contributed by atoms with Crippen LogP contribution in [0, 0.1) is 0 Å². The van der Waals surface area contributed by atoms with Gasteiger partial charge in [-0.15, -0.1) is 0 Å². The number of carbonyl (C=O) groups excluding carboxylic acids is 1. The number of hydrogen-bond acceptors (Lipinski definition) is 3. The van der Waals surface area contributed by atoms with Crippen LogP contribution in [0.15, 0.2) is 54.9 Å². The summed E-state index contributed by atoms with van der Waals surface area (Å²) in [5.74, 6) is -0.0170. The first-order valence-electron chi connectivity index (χ1n) is 9.01. The third kappa shape index (κ3) is 2.88. The molecule has 134 valence electrons. The van der Waals surface area contributed by atoms with Crippen molar-refractivity contribution in [2.24, 2.45) is 0 Å². The number of hydrogen-bond donors (Lipinski definition) is 1. The molecular weight excluding hydrogens is 326 g/mol. The van der Waals surface area contributed by atoms with Gasteiger partial charge in [0.25, 0.3) is 5.91 Å². The van der Waals surface area contributed by atoms with Gasteiger partial charge in [0, 0.05) is 17.8 Å². The van der Waals surface area contributed by atoms with Crippen LogP contribution in [0.1, 0.15) is 37.0 Å². The number of fused-ring (bicyclic) bond motifs is 1.